The molecular weight excluding hydrogens is 675 g/mol. The van der Waals surface area contributed by atoms with Crippen molar-refractivity contribution in [1.29, 1.82) is 0 Å². The van der Waals surface area contributed by atoms with E-state index in [2.05, 4.69) is 70.3 Å². The van der Waals surface area contributed by atoms with Gasteiger partial charge >= 0.3 is 5.97 Å². The minimum atomic E-state index is -0.601. The molecule has 54 heavy (non-hydrogen) atoms. The van der Waals surface area contributed by atoms with Crippen molar-refractivity contribution in [2.45, 2.75) is 106 Å². The van der Waals surface area contributed by atoms with Gasteiger partial charge < -0.3 is 19.3 Å². The molecule has 1 aromatic carbocycles. The Kier molecular flexibility index (Phi) is 9.24. The van der Waals surface area contributed by atoms with Crippen LogP contribution in [-0.2, 0) is 20.9 Å². The Morgan fingerprint density at radius 2 is 1.70 bits per heavy atom. The molecule has 8 nitrogen and oxygen atoms in total. The first kappa shape index (κ1) is 37.4. The number of benzene rings is 1. The van der Waals surface area contributed by atoms with Gasteiger partial charge in [-0.1, -0.05) is 72.2 Å². The second-order valence-corrected chi connectivity index (χ2v) is 19.1. The van der Waals surface area contributed by atoms with Gasteiger partial charge in [0.15, 0.2) is 0 Å². The fourth-order valence-corrected chi connectivity index (χ4v) is 13.1. The summed E-state index contributed by atoms with van der Waals surface area (Å²) in [7, 11) is 1.66. The molecule has 0 radical (unpaired) electrons. The van der Waals surface area contributed by atoms with Crippen LogP contribution in [0.25, 0.3) is 11.3 Å². The Bertz CT molecular complexity index is 1890. The van der Waals surface area contributed by atoms with Crippen LogP contribution < -0.4 is 4.74 Å². The molecular formula is C46H61N3O5. The fraction of sp³-hybridized carbons (Fsp3) is 0.630. The second-order valence-electron chi connectivity index (χ2n) is 19.1. The number of carbonyl (C=O) groups excluding carboxylic acids is 1. The van der Waals surface area contributed by atoms with Crippen molar-refractivity contribution in [1.82, 2.24) is 14.8 Å². The SMILES string of the molecule is COc1ccc(COC(=O)[C@@H]2[C@@](C)([C@H](C)C(C)C)CC[C@]3(C)[C@H]4CC[C@@H]5[C@@]6(COC[C@]5(C)[C@@H](O)[C@H](n5nccc5-c5ccncc5)C6)C4=CC[C@@]23C)cc1. The highest BCUT2D eigenvalue weighted by molar-refractivity contribution is 5.75. The molecule has 1 N–H and O–H groups in total. The number of fused-ring (bicyclic) bond motifs is 3. The van der Waals surface area contributed by atoms with Crippen LogP contribution in [0.1, 0.15) is 98.6 Å². The van der Waals surface area contributed by atoms with Gasteiger partial charge in [0.1, 0.15) is 12.4 Å². The van der Waals surface area contributed by atoms with Crippen LogP contribution in [0.15, 0.2) is 72.7 Å². The highest BCUT2D eigenvalue weighted by Crippen LogP contribution is 2.75. The number of carbonyl (C=O) groups is 1. The second kappa shape index (κ2) is 13.3. The number of esters is 1. The number of pyridine rings is 1. The third-order valence-electron chi connectivity index (χ3n) is 16.6. The van der Waals surface area contributed by atoms with Crippen LogP contribution in [-0.4, -0.2) is 52.3 Å². The molecule has 8 rings (SSSR count). The maximum Gasteiger partial charge on any atom is 0.310 e. The van der Waals surface area contributed by atoms with Gasteiger partial charge in [-0.15, -0.1) is 0 Å². The molecule has 5 aliphatic rings. The Morgan fingerprint density at radius 1 is 0.963 bits per heavy atom. The van der Waals surface area contributed by atoms with E-state index >= 15 is 0 Å². The number of nitrogens with zero attached hydrogens (tertiary/aromatic N) is 3. The van der Waals surface area contributed by atoms with Gasteiger partial charge in [0, 0.05) is 35.0 Å². The minimum absolute atomic E-state index is 0.0605. The van der Waals surface area contributed by atoms with E-state index in [0.29, 0.717) is 36.9 Å². The summed E-state index contributed by atoms with van der Waals surface area (Å²) in [6, 6.07) is 13.7. The van der Waals surface area contributed by atoms with E-state index in [1.54, 1.807) is 7.11 Å². The zero-order chi connectivity index (χ0) is 38.3. The topological polar surface area (TPSA) is 95.7 Å². The summed E-state index contributed by atoms with van der Waals surface area (Å²) in [5.41, 5.74) is 3.27. The zero-order valence-corrected chi connectivity index (χ0v) is 33.7. The van der Waals surface area contributed by atoms with E-state index in [-0.39, 0.29) is 46.2 Å². The van der Waals surface area contributed by atoms with Crippen LogP contribution in [0, 0.1) is 56.7 Å². The van der Waals surface area contributed by atoms with Crippen molar-refractivity contribution < 1.29 is 24.1 Å². The van der Waals surface area contributed by atoms with Crippen LogP contribution >= 0.6 is 0 Å². The van der Waals surface area contributed by atoms with Crippen LogP contribution in [0.2, 0.25) is 0 Å². The average Bonchev–Trinajstić information content (AvgIpc) is 3.66. The highest BCUT2D eigenvalue weighted by atomic mass is 16.5. The van der Waals surface area contributed by atoms with Crippen LogP contribution in [0.5, 0.6) is 5.75 Å². The predicted molar refractivity (Wildman–Crippen MR) is 209 cm³/mol. The van der Waals surface area contributed by atoms with Gasteiger partial charge in [-0.05, 0) is 114 Å². The number of hydrogen-bond donors (Lipinski definition) is 1. The highest BCUT2D eigenvalue weighted by Gasteiger charge is 2.71. The molecule has 3 saturated carbocycles. The third kappa shape index (κ3) is 5.32. The Morgan fingerprint density at radius 3 is 2.41 bits per heavy atom. The van der Waals surface area contributed by atoms with Crippen LogP contribution in [0.3, 0.4) is 0 Å². The maximum atomic E-state index is 14.9. The number of aromatic nitrogens is 3. The van der Waals surface area contributed by atoms with E-state index in [1.165, 1.54) is 5.57 Å². The lowest BCUT2D eigenvalue weighted by Gasteiger charge is -2.71. The number of ether oxygens (including phenoxy) is 3. The first-order chi connectivity index (χ1) is 25.7. The molecule has 290 valence electrons. The van der Waals surface area contributed by atoms with Gasteiger partial charge in [-0.3, -0.25) is 14.5 Å². The van der Waals surface area contributed by atoms with Gasteiger partial charge in [0.05, 0.1) is 44.1 Å². The molecule has 4 aliphatic carbocycles. The van der Waals surface area contributed by atoms with Crippen molar-refractivity contribution in [2.24, 2.45) is 56.7 Å². The molecule has 2 aromatic heterocycles. The largest absolute Gasteiger partial charge is 0.497 e. The lowest BCUT2D eigenvalue weighted by atomic mass is 9.34. The van der Waals surface area contributed by atoms with Crippen molar-refractivity contribution in [3.05, 3.63) is 78.3 Å². The van der Waals surface area contributed by atoms with E-state index in [0.717, 1.165) is 61.1 Å². The Hall–Kier alpha value is -3.49. The molecule has 0 unspecified atom stereocenters. The molecule has 0 amide bonds. The van der Waals surface area contributed by atoms with Crippen molar-refractivity contribution in [2.75, 3.05) is 20.3 Å². The molecule has 4 fully saturated rings. The zero-order valence-electron chi connectivity index (χ0n) is 33.7. The van der Waals surface area contributed by atoms with E-state index in [1.807, 2.05) is 55.0 Å². The standard InChI is InChI=1S/C46H61N3O5/c1-29(2)30(3)42(4)20-21-44(6)34-13-14-38-43(5)27-53-28-46(38,25-37(40(43)50)49-36(18-24-48-49)32-16-22-47-23-17-32)35(34)15-19-45(44,7)39(42)41(51)54-26-31-9-11-33(52-8)12-10-31/h9-12,15-18,22-24,29-30,34,37-40,50H,13-14,19-21,25-28H2,1-8H3/t30-,34+,37-,38+,39-,40+,42-,43+,44-,45+,46+/m1/s1. The third-order valence-corrected chi connectivity index (χ3v) is 16.6. The lowest BCUT2D eigenvalue weighted by Crippen LogP contribution is -2.68. The monoisotopic (exact) mass is 735 g/mol. The fourth-order valence-electron chi connectivity index (χ4n) is 13.1. The molecule has 1 aliphatic heterocycles. The molecule has 11 atom stereocenters. The smallest absolute Gasteiger partial charge is 0.310 e. The van der Waals surface area contributed by atoms with Gasteiger partial charge in [-0.25, -0.2) is 0 Å². The first-order valence-corrected chi connectivity index (χ1v) is 20.4. The number of allylic oxidation sites excluding steroid dienone is 1. The molecule has 2 bridgehead atoms. The summed E-state index contributed by atoms with van der Waals surface area (Å²) in [6.07, 6.45) is 13.2. The van der Waals surface area contributed by atoms with Crippen molar-refractivity contribution in [3.8, 4) is 17.0 Å². The molecule has 3 aromatic rings. The van der Waals surface area contributed by atoms with Crippen molar-refractivity contribution >= 4 is 5.97 Å². The average molecular weight is 736 g/mol. The number of rotatable bonds is 8. The normalized spacial score (nSPS) is 39.1. The summed E-state index contributed by atoms with van der Waals surface area (Å²) < 4.78 is 20.5. The Labute approximate surface area is 322 Å². The number of aliphatic hydroxyl groups is 1. The molecule has 1 saturated heterocycles. The lowest BCUT2D eigenvalue weighted by molar-refractivity contribution is -0.241. The summed E-state index contributed by atoms with van der Waals surface area (Å²) in [6.45, 7) is 18.0. The summed E-state index contributed by atoms with van der Waals surface area (Å²) in [4.78, 5) is 19.1. The van der Waals surface area contributed by atoms with Gasteiger partial charge in [0.25, 0.3) is 0 Å². The van der Waals surface area contributed by atoms with Crippen molar-refractivity contribution in [3.63, 3.8) is 0 Å². The predicted octanol–water partition coefficient (Wildman–Crippen LogP) is 9.10. The number of aliphatic hydroxyl groups excluding tert-OH is 1. The first-order valence-electron chi connectivity index (χ1n) is 20.4. The van der Waals surface area contributed by atoms with Gasteiger partial charge in [-0.2, -0.15) is 5.10 Å². The van der Waals surface area contributed by atoms with Gasteiger partial charge in [0.2, 0.25) is 0 Å². The molecule has 8 heteroatoms. The number of hydrogen-bond acceptors (Lipinski definition) is 7. The summed E-state index contributed by atoms with van der Waals surface area (Å²) >= 11 is 0. The summed E-state index contributed by atoms with van der Waals surface area (Å²) in [5, 5.41) is 17.3. The van der Waals surface area contributed by atoms with E-state index in [4.69, 9.17) is 19.3 Å². The minimum Gasteiger partial charge on any atom is -0.497 e. The number of methoxy groups -OCH3 is 1. The maximum absolute atomic E-state index is 14.9. The summed E-state index contributed by atoms with van der Waals surface area (Å²) in [5.74, 6) is 1.87. The van der Waals surface area contributed by atoms with E-state index < -0.39 is 11.5 Å². The molecule has 0 spiro atoms. The Balaban J connectivity index is 1.19. The quantitative estimate of drug-likeness (QED) is 0.182. The van der Waals surface area contributed by atoms with E-state index in [9.17, 15) is 9.90 Å². The molecule has 3 heterocycles. The van der Waals surface area contributed by atoms with Crippen LogP contribution in [0.4, 0.5) is 0 Å².